The summed E-state index contributed by atoms with van der Waals surface area (Å²) in [4.78, 5) is 4.93. The zero-order chi connectivity index (χ0) is 11.1. The maximum atomic E-state index is 3.52. The number of rotatable bonds is 0. The van der Waals surface area contributed by atoms with Crippen LogP contribution >= 0.6 is 0 Å². The van der Waals surface area contributed by atoms with Gasteiger partial charge in [0, 0.05) is 6.04 Å². The summed E-state index contributed by atoms with van der Waals surface area (Å²) in [6.45, 7) is 8.35. The van der Waals surface area contributed by atoms with Crippen molar-refractivity contribution in [3.8, 4) is 0 Å². The first-order valence-corrected chi connectivity index (χ1v) is 6.29. The molecule has 1 aliphatic heterocycles. The van der Waals surface area contributed by atoms with Crippen molar-refractivity contribution in [2.45, 2.75) is 32.2 Å². The van der Waals surface area contributed by atoms with E-state index < -0.39 is 0 Å². The smallest absolute Gasteiger partial charge is 0.00759 e. The number of nitrogens with one attached hydrogen (secondary N) is 1. The SMILES string of the molecule is CC1CCNCCCN(C)CCCN1C. The van der Waals surface area contributed by atoms with Crippen LogP contribution in [0.3, 0.4) is 0 Å². The van der Waals surface area contributed by atoms with Crippen LogP contribution in [-0.4, -0.2) is 62.7 Å². The topological polar surface area (TPSA) is 18.5 Å². The van der Waals surface area contributed by atoms with E-state index in [1.54, 1.807) is 0 Å². The van der Waals surface area contributed by atoms with E-state index in [4.69, 9.17) is 0 Å². The molecule has 0 radical (unpaired) electrons. The third-order valence-electron chi connectivity index (χ3n) is 3.44. The summed E-state index contributed by atoms with van der Waals surface area (Å²) in [7, 11) is 4.48. The summed E-state index contributed by atoms with van der Waals surface area (Å²) in [6, 6.07) is 0.710. The van der Waals surface area contributed by atoms with E-state index in [1.807, 2.05) is 0 Å². The third kappa shape index (κ3) is 5.50. The molecule has 0 spiro atoms. The van der Waals surface area contributed by atoms with Crippen molar-refractivity contribution in [2.24, 2.45) is 0 Å². The molecule has 3 heteroatoms. The molecule has 1 N–H and O–H groups in total. The van der Waals surface area contributed by atoms with Crippen LogP contribution in [0.2, 0.25) is 0 Å². The molecule has 0 amide bonds. The molecule has 0 aromatic rings. The molecule has 0 saturated carbocycles. The first kappa shape index (κ1) is 12.9. The highest BCUT2D eigenvalue weighted by molar-refractivity contribution is 4.67. The lowest BCUT2D eigenvalue weighted by molar-refractivity contribution is 0.218. The Kier molecular flexibility index (Phi) is 6.22. The van der Waals surface area contributed by atoms with Gasteiger partial charge in [-0.15, -0.1) is 0 Å². The average Bonchev–Trinajstić information content (AvgIpc) is 2.21. The predicted octanol–water partition coefficient (Wildman–Crippen LogP) is 1.01. The van der Waals surface area contributed by atoms with Crippen LogP contribution in [0.4, 0.5) is 0 Å². The van der Waals surface area contributed by atoms with Gasteiger partial charge in [0.1, 0.15) is 0 Å². The summed E-state index contributed by atoms with van der Waals surface area (Å²) >= 11 is 0. The van der Waals surface area contributed by atoms with E-state index >= 15 is 0 Å². The second-order valence-corrected chi connectivity index (χ2v) is 4.88. The molecule has 90 valence electrons. The van der Waals surface area contributed by atoms with Crippen molar-refractivity contribution in [3.63, 3.8) is 0 Å². The fourth-order valence-corrected chi connectivity index (χ4v) is 2.05. The maximum absolute atomic E-state index is 3.52. The van der Waals surface area contributed by atoms with Crippen LogP contribution in [0.1, 0.15) is 26.2 Å². The van der Waals surface area contributed by atoms with Gasteiger partial charge in [-0.3, -0.25) is 0 Å². The number of hydrogen-bond acceptors (Lipinski definition) is 3. The van der Waals surface area contributed by atoms with E-state index in [1.165, 1.54) is 45.4 Å². The largest absolute Gasteiger partial charge is 0.317 e. The third-order valence-corrected chi connectivity index (χ3v) is 3.44. The quantitative estimate of drug-likeness (QED) is 0.648. The molecule has 1 heterocycles. The molecule has 1 aliphatic rings. The van der Waals surface area contributed by atoms with Crippen molar-refractivity contribution in [1.29, 1.82) is 0 Å². The van der Waals surface area contributed by atoms with Gasteiger partial charge in [-0.1, -0.05) is 0 Å². The lowest BCUT2D eigenvalue weighted by Gasteiger charge is -2.27. The van der Waals surface area contributed by atoms with E-state index in [9.17, 15) is 0 Å². The second-order valence-electron chi connectivity index (χ2n) is 4.88. The van der Waals surface area contributed by atoms with Gasteiger partial charge in [0.25, 0.3) is 0 Å². The summed E-state index contributed by atoms with van der Waals surface area (Å²) in [5.74, 6) is 0. The van der Waals surface area contributed by atoms with Crippen molar-refractivity contribution >= 4 is 0 Å². The summed E-state index contributed by atoms with van der Waals surface area (Å²) < 4.78 is 0. The van der Waals surface area contributed by atoms with E-state index in [2.05, 4.69) is 36.1 Å². The maximum Gasteiger partial charge on any atom is 0.00759 e. The summed E-state index contributed by atoms with van der Waals surface area (Å²) in [5, 5.41) is 3.52. The number of nitrogens with zero attached hydrogens (tertiary/aromatic N) is 2. The Hall–Kier alpha value is -0.120. The van der Waals surface area contributed by atoms with Gasteiger partial charge in [-0.05, 0) is 73.0 Å². The van der Waals surface area contributed by atoms with Crippen LogP contribution in [-0.2, 0) is 0 Å². The highest BCUT2D eigenvalue weighted by Gasteiger charge is 2.09. The Balaban J connectivity index is 2.32. The monoisotopic (exact) mass is 213 g/mol. The average molecular weight is 213 g/mol. The van der Waals surface area contributed by atoms with Gasteiger partial charge in [-0.2, -0.15) is 0 Å². The fourth-order valence-electron chi connectivity index (χ4n) is 2.05. The Bertz CT molecular complexity index is 161. The fraction of sp³-hybridized carbons (Fsp3) is 1.00. The Labute approximate surface area is 94.8 Å². The van der Waals surface area contributed by atoms with Crippen molar-refractivity contribution in [3.05, 3.63) is 0 Å². The van der Waals surface area contributed by atoms with E-state index in [0.29, 0.717) is 6.04 Å². The molecular weight excluding hydrogens is 186 g/mol. The molecule has 0 bridgehead atoms. The second kappa shape index (κ2) is 7.20. The molecule has 0 aromatic carbocycles. The van der Waals surface area contributed by atoms with Gasteiger partial charge in [-0.25, -0.2) is 0 Å². The highest BCUT2D eigenvalue weighted by Crippen LogP contribution is 2.02. The predicted molar refractivity (Wildman–Crippen MR) is 66.3 cm³/mol. The van der Waals surface area contributed by atoms with Crippen LogP contribution in [0, 0.1) is 0 Å². The number of hydrogen-bond donors (Lipinski definition) is 1. The van der Waals surface area contributed by atoms with Crippen molar-refractivity contribution in [1.82, 2.24) is 15.1 Å². The minimum absolute atomic E-state index is 0.710. The van der Waals surface area contributed by atoms with Crippen LogP contribution in [0.25, 0.3) is 0 Å². The lowest BCUT2D eigenvalue weighted by atomic mass is 10.2. The van der Waals surface area contributed by atoms with E-state index in [-0.39, 0.29) is 0 Å². The Morgan fingerprint density at radius 1 is 1.00 bits per heavy atom. The first-order valence-electron chi connectivity index (χ1n) is 6.29. The van der Waals surface area contributed by atoms with Gasteiger partial charge >= 0.3 is 0 Å². The molecule has 1 saturated heterocycles. The molecule has 0 aromatic heterocycles. The lowest BCUT2D eigenvalue weighted by Crippen LogP contribution is -2.36. The van der Waals surface area contributed by atoms with Gasteiger partial charge in [0.15, 0.2) is 0 Å². The van der Waals surface area contributed by atoms with Crippen LogP contribution < -0.4 is 5.32 Å². The van der Waals surface area contributed by atoms with Gasteiger partial charge in [0.2, 0.25) is 0 Å². The van der Waals surface area contributed by atoms with E-state index in [0.717, 1.165) is 6.54 Å². The highest BCUT2D eigenvalue weighted by atomic mass is 15.1. The standard InChI is InChI=1S/C12H27N3/c1-12-6-8-13-7-4-9-14(2)10-5-11-15(12)3/h12-13H,4-11H2,1-3H3. The molecule has 1 unspecified atom stereocenters. The normalized spacial score (nSPS) is 29.4. The molecule has 1 rings (SSSR count). The van der Waals surface area contributed by atoms with Crippen molar-refractivity contribution < 1.29 is 0 Å². The molecule has 3 nitrogen and oxygen atoms in total. The Morgan fingerprint density at radius 3 is 2.53 bits per heavy atom. The zero-order valence-electron chi connectivity index (χ0n) is 10.6. The molecule has 1 fully saturated rings. The molecular formula is C12H27N3. The van der Waals surface area contributed by atoms with Gasteiger partial charge in [0.05, 0.1) is 0 Å². The first-order chi connectivity index (χ1) is 7.20. The Morgan fingerprint density at radius 2 is 1.73 bits per heavy atom. The molecule has 0 aliphatic carbocycles. The molecule has 15 heavy (non-hydrogen) atoms. The van der Waals surface area contributed by atoms with Gasteiger partial charge < -0.3 is 15.1 Å². The molecule has 1 atom stereocenters. The zero-order valence-corrected chi connectivity index (χ0v) is 10.6. The van der Waals surface area contributed by atoms with Crippen LogP contribution in [0.5, 0.6) is 0 Å². The van der Waals surface area contributed by atoms with Crippen LogP contribution in [0.15, 0.2) is 0 Å². The minimum Gasteiger partial charge on any atom is -0.317 e. The summed E-state index contributed by atoms with van der Waals surface area (Å²) in [5.41, 5.74) is 0. The van der Waals surface area contributed by atoms with Crippen molar-refractivity contribution in [2.75, 3.05) is 46.8 Å². The summed E-state index contributed by atoms with van der Waals surface area (Å²) in [6.07, 6.45) is 3.85. The minimum atomic E-state index is 0.710.